The molecule has 0 N–H and O–H groups in total. The molecule has 0 atom stereocenters. The molecule has 10 heteroatoms. The third-order valence-electron chi connectivity index (χ3n) is 5.46. The maximum absolute atomic E-state index is 13.0. The number of imide groups is 1. The summed E-state index contributed by atoms with van der Waals surface area (Å²) in [4.78, 5) is 37.6. The quantitative estimate of drug-likeness (QED) is 0.112. The lowest BCUT2D eigenvalue weighted by molar-refractivity contribution is -0.384. The zero-order chi connectivity index (χ0) is 26.5. The van der Waals surface area contributed by atoms with Crippen molar-refractivity contribution in [1.82, 2.24) is 4.90 Å². The predicted octanol–water partition coefficient (Wildman–Crippen LogP) is 6.72. The Morgan fingerprint density at radius 2 is 1.81 bits per heavy atom. The minimum absolute atomic E-state index is 0.0148. The minimum Gasteiger partial charge on any atom is -0.490 e. The van der Waals surface area contributed by atoms with Gasteiger partial charge in [-0.05, 0) is 95.2 Å². The second-order valence-electron chi connectivity index (χ2n) is 8.23. The number of nitro benzene ring substituents is 1. The van der Waals surface area contributed by atoms with E-state index in [1.54, 1.807) is 24.3 Å². The Labute approximate surface area is 231 Å². The van der Waals surface area contributed by atoms with Crippen LogP contribution in [0.1, 0.15) is 29.2 Å². The standard InChI is InChI=1S/C27H23IN2O6S/c1-3-35-23-13-20(12-22(28)25(23)36-16-18-7-9-21(10-8-18)30(33)34)14-24-26(31)29(27(32)37-24)15-19-6-4-5-17(2)11-19/h4-14H,3,15-16H2,1-2H3/b24-14+. The van der Waals surface area contributed by atoms with E-state index in [2.05, 4.69) is 22.6 Å². The van der Waals surface area contributed by atoms with E-state index in [1.165, 1.54) is 17.0 Å². The monoisotopic (exact) mass is 630 g/mol. The maximum Gasteiger partial charge on any atom is 0.293 e. The van der Waals surface area contributed by atoms with Crippen LogP contribution in [0.5, 0.6) is 11.5 Å². The van der Waals surface area contributed by atoms with Crippen LogP contribution in [0.15, 0.2) is 65.6 Å². The topological polar surface area (TPSA) is 99.0 Å². The van der Waals surface area contributed by atoms with Crippen molar-refractivity contribution in [2.75, 3.05) is 6.61 Å². The number of carbonyl (C=O) groups is 2. The van der Waals surface area contributed by atoms with Gasteiger partial charge < -0.3 is 9.47 Å². The number of amides is 2. The summed E-state index contributed by atoms with van der Waals surface area (Å²) < 4.78 is 12.6. The number of hydrogen-bond acceptors (Lipinski definition) is 7. The first-order chi connectivity index (χ1) is 17.7. The number of aryl methyl sites for hydroxylation is 1. The Bertz CT molecular complexity index is 1390. The second kappa shape index (κ2) is 11.8. The van der Waals surface area contributed by atoms with Crippen LogP contribution in [0.2, 0.25) is 0 Å². The molecule has 1 aliphatic heterocycles. The summed E-state index contributed by atoms with van der Waals surface area (Å²) in [5.41, 5.74) is 3.45. The fourth-order valence-electron chi connectivity index (χ4n) is 3.72. The third kappa shape index (κ3) is 6.50. The summed E-state index contributed by atoms with van der Waals surface area (Å²) in [5, 5.41) is 10.6. The van der Waals surface area contributed by atoms with Gasteiger partial charge in [0.2, 0.25) is 0 Å². The van der Waals surface area contributed by atoms with Crippen LogP contribution in [-0.2, 0) is 17.9 Å². The second-order valence-corrected chi connectivity index (χ2v) is 10.4. The minimum atomic E-state index is -0.448. The number of carbonyl (C=O) groups excluding carboxylic acids is 2. The van der Waals surface area contributed by atoms with Gasteiger partial charge in [0.1, 0.15) is 6.61 Å². The van der Waals surface area contributed by atoms with Crippen LogP contribution in [0, 0.1) is 20.6 Å². The van der Waals surface area contributed by atoms with E-state index >= 15 is 0 Å². The Kier molecular flexibility index (Phi) is 8.49. The molecule has 0 aromatic heterocycles. The molecule has 0 unspecified atom stereocenters. The highest BCUT2D eigenvalue weighted by atomic mass is 127. The van der Waals surface area contributed by atoms with E-state index in [1.807, 2.05) is 44.2 Å². The van der Waals surface area contributed by atoms with Crippen LogP contribution < -0.4 is 9.47 Å². The highest BCUT2D eigenvalue weighted by Gasteiger charge is 2.35. The van der Waals surface area contributed by atoms with Gasteiger partial charge in [0, 0.05) is 12.1 Å². The summed E-state index contributed by atoms with van der Waals surface area (Å²) in [5.74, 6) is 0.704. The molecule has 1 heterocycles. The predicted molar refractivity (Wildman–Crippen MR) is 150 cm³/mol. The summed E-state index contributed by atoms with van der Waals surface area (Å²) in [7, 11) is 0. The van der Waals surface area contributed by atoms with Crippen LogP contribution in [0.3, 0.4) is 0 Å². The zero-order valence-corrected chi connectivity index (χ0v) is 23.1. The van der Waals surface area contributed by atoms with Crippen molar-refractivity contribution < 1.29 is 24.0 Å². The fourth-order valence-corrected chi connectivity index (χ4v) is 5.34. The van der Waals surface area contributed by atoms with Crippen molar-refractivity contribution in [3.05, 3.63) is 102 Å². The molecule has 0 saturated carbocycles. The van der Waals surface area contributed by atoms with E-state index < -0.39 is 4.92 Å². The van der Waals surface area contributed by atoms with Crippen molar-refractivity contribution in [2.45, 2.75) is 27.0 Å². The SMILES string of the molecule is CCOc1cc(/C=C2/SC(=O)N(Cc3cccc(C)c3)C2=O)cc(I)c1OCc1ccc([N+](=O)[O-])cc1. The molecule has 1 fully saturated rings. The molecule has 8 nitrogen and oxygen atoms in total. The molecule has 0 bridgehead atoms. The summed E-state index contributed by atoms with van der Waals surface area (Å²) in [6, 6.07) is 17.5. The number of benzene rings is 3. The summed E-state index contributed by atoms with van der Waals surface area (Å²) >= 11 is 3.05. The van der Waals surface area contributed by atoms with Gasteiger partial charge in [0.15, 0.2) is 11.5 Å². The summed E-state index contributed by atoms with van der Waals surface area (Å²) in [6.45, 7) is 4.65. The smallest absolute Gasteiger partial charge is 0.293 e. The van der Waals surface area contributed by atoms with Crippen molar-refractivity contribution >= 4 is 57.3 Å². The van der Waals surface area contributed by atoms with E-state index in [4.69, 9.17) is 9.47 Å². The average molecular weight is 630 g/mol. The van der Waals surface area contributed by atoms with Crippen LogP contribution >= 0.6 is 34.4 Å². The Morgan fingerprint density at radius 1 is 1.05 bits per heavy atom. The van der Waals surface area contributed by atoms with E-state index in [0.717, 1.165) is 32.0 Å². The number of nitrogens with zero attached hydrogens (tertiary/aromatic N) is 2. The molecule has 3 aromatic rings. The molecule has 0 spiro atoms. The lowest BCUT2D eigenvalue weighted by Crippen LogP contribution is -2.27. The van der Waals surface area contributed by atoms with Gasteiger partial charge in [-0.2, -0.15) is 0 Å². The number of ether oxygens (including phenoxy) is 2. The van der Waals surface area contributed by atoms with Crippen LogP contribution in [-0.4, -0.2) is 27.6 Å². The molecular weight excluding hydrogens is 607 g/mol. The first-order valence-electron chi connectivity index (χ1n) is 11.4. The van der Waals surface area contributed by atoms with E-state index in [0.29, 0.717) is 28.6 Å². The fraction of sp³-hybridized carbons (Fsp3) is 0.185. The molecule has 1 saturated heterocycles. The van der Waals surface area contributed by atoms with Crippen LogP contribution in [0.4, 0.5) is 10.5 Å². The number of rotatable bonds is 9. The Hall–Kier alpha value is -3.38. The number of non-ortho nitro benzene ring substituents is 1. The molecule has 190 valence electrons. The number of thioether (sulfide) groups is 1. The maximum atomic E-state index is 13.0. The van der Waals surface area contributed by atoms with Gasteiger partial charge >= 0.3 is 0 Å². The molecule has 3 aromatic carbocycles. The number of hydrogen-bond donors (Lipinski definition) is 0. The molecule has 0 radical (unpaired) electrons. The highest BCUT2D eigenvalue weighted by molar-refractivity contribution is 14.1. The van der Waals surface area contributed by atoms with E-state index in [-0.39, 0.29) is 30.0 Å². The molecule has 1 aliphatic rings. The summed E-state index contributed by atoms with van der Waals surface area (Å²) in [6.07, 6.45) is 1.69. The van der Waals surface area contributed by atoms with Gasteiger partial charge in [-0.15, -0.1) is 0 Å². The first kappa shape index (κ1) is 26.7. The Balaban J connectivity index is 1.53. The highest BCUT2D eigenvalue weighted by Crippen LogP contribution is 2.38. The lowest BCUT2D eigenvalue weighted by atomic mass is 10.1. The molecule has 37 heavy (non-hydrogen) atoms. The number of halogens is 1. The molecule has 4 rings (SSSR count). The largest absolute Gasteiger partial charge is 0.490 e. The molecular formula is C27H23IN2O6S. The van der Waals surface area contributed by atoms with Gasteiger partial charge in [-0.25, -0.2) is 0 Å². The van der Waals surface area contributed by atoms with Crippen molar-refractivity contribution in [1.29, 1.82) is 0 Å². The Morgan fingerprint density at radius 3 is 2.49 bits per heavy atom. The normalized spacial score (nSPS) is 14.4. The van der Waals surface area contributed by atoms with Crippen LogP contribution in [0.25, 0.3) is 6.08 Å². The van der Waals surface area contributed by atoms with E-state index in [9.17, 15) is 19.7 Å². The van der Waals surface area contributed by atoms with Crippen molar-refractivity contribution in [3.8, 4) is 11.5 Å². The van der Waals surface area contributed by atoms with Crippen molar-refractivity contribution in [2.24, 2.45) is 0 Å². The van der Waals surface area contributed by atoms with Gasteiger partial charge in [-0.3, -0.25) is 24.6 Å². The molecule has 0 aliphatic carbocycles. The van der Waals surface area contributed by atoms with Crippen molar-refractivity contribution in [3.63, 3.8) is 0 Å². The molecule has 2 amide bonds. The lowest BCUT2D eigenvalue weighted by Gasteiger charge is -2.15. The zero-order valence-electron chi connectivity index (χ0n) is 20.1. The van der Waals surface area contributed by atoms with Gasteiger partial charge in [-0.1, -0.05) is 29.8 Å². The van der Waals surface area contributed by atoms with Gasteiger partial charge in [0.25, 0.3) is 16.8 Å². The third-order valence-corrected chi connectivity index (χ3v) is 7.17. The average Bonchev–Trinajstić information content (AvgIpc) is 3.11. The first-order valence-corrected chi connectivity index (χ1v) is 13.3. The van der Waals surface area contributed by atoms with Gasteiger partial charge in [0.05, 0.1) is 26.6 Å². The number of nitro groups is 1.